The molecule has 2 N–H and O–H groups in total. The lowest BCUT2D eigenvalue weighted by Gasteiger charge is -2.13. The minimum absolute atomic E-state index is 0.277. The van der Waals surface area contributed by atoms with Crippen molar-refractivity contribution in [1.29, 1.82) is 0 Å². The molecule has 0 amide bonds. The second kappa shape index (κ2) is 6.41. The fourth-order valence-electron chi connectivity index (χ4n) is 2.17. The molecule has 1 aromatic heterocycles. The van der Waals surface area contributed by atoms with Gasteiger partial charge in [-0.15, -0.1) is 0 Å². The highest BCUT2D eigenvalue weighted by Crippen LogP contribution is 2.29. The monoisotopic (exact) mass is 320 g/mol. The normalized spacial score (nSPS) is 10.5. The smallest absolute Gasteiger partial charge is 0.229 e. The van der Waals surface area contributed by atoms with Crippen molar-refractivity contribution in [2.24, 2.45) is 5.73 Å². The van der Waals surface area contributed by atoms with Crippen LogP contribution in [0.4, 0.5) is 0 Å². The predicted octanol–water partition coefficient (Wildman–Crippen LogP) is 4.34. The second-order valence-corrected chi connectivity index (χ2v) is 5.68. The highest BCUT2D eigenvalue weighted by molar-refractivity contribution is 7.80. The van der Waals surface area contributed by atoms with Gasteiger partial charge in [-0.2, -0.15) is 0 Å². The van der Waals surface area contributed by atoms with Gasteiger partial charge in [0.2, 0.25) is 5.88 Å². The van der Waals surface area contributed by atoms with Crippen LogP contribution in [0.3, 0.4) is 0 Å². The first-order valence-corrected chi connectivity index (χ1v) is 7.45. The van der Waals surface area contributed by atoms with Crippen molar-refractivity contribution < 1.29 is 4.74 Å². The molecule has 0 fully saturated rings. The summed E-state index contributed by atoms with van der Waals surface area (Å²) < 4.78 is 5.89. The van der Waals surface area contributed by atoms with Gasteiger partial charge < -0.3 is 10.5 Å². The number of pyridine rings is 1. The number of hydrogen-bond donors (Lipinski definition) is 1. The molecule has 0 aliphatic rings. The number of hydrogen-bond acceptors (Lipinski definition) is 3. The van der Waals surface area contributed by atoms with Gasteiger partial charge in [0.1, 0.15) is 10.7 Å². The zero-order chi connectivity index (χ0) is 15.6. The van der Waals surface area contributed by atoms with E-state index in [0.29, 0.717) is 17.2 Å². The third-order valence-electron chi connectivity index (χ3n) is 3.17. The first kappa shape index (κ1) is 15.7. The van der Waals surface area contributed by atoms with Crippen molar-refractivity contribution in [2.75, 3.05) is 0 Å². The molecule has 21 heavy (non-hydrogen) atoms. The Morgan fingerprint density at radius 3 is 2.67 bits per heavy atom. The molecular weight excluding hydrogens is 304 g/mol. The molecule has 0 aliphatic heterocycles. The number of aromatic nitrogens is 1. The third kappa shape index (κ3) is 3.52. The summed E-state index contributed by atoms with van der Waals surface area (Å²) in [5.74, 6) is 1.11. The average molecular weight is 321 g/mol. The molecule has 2 rings (SSSR count). The van der Waals surface area contributed by atoms with Crippen LogP contribution >= 0.6 is 23.8 Å². The lowest BCUT2D eigenvalue weighted by atomic mass is 10.1. The second-order valence-electron chi connectivity index (χ2n) is 4.83. The van der Waals surface area contributed by atoms with Gasteiger partial charge in [0.05, 0.1) is 5.56 Å². The standard InChI is InChI=1S/C16H17ClN2OS/c1-4-11-8-12(5-6-13(11)17)20-16-14(15(18)21)9(2)7-10(3)19-16/h5-8H,4H2,1-3H3,(H2,18,21). The first-order chi connectivity index (χ1) is 9.92. The fourth-order valence-corrected chi connectivity index (χ4v) is 2.67. The molecular formula is C16H17ClN2OS. The van der Waals surface area contributed by atoms with Crippen molar-refractivity contribution in [3.63, 3.8) is 0 Å². The van der Waals surface area contributed by atoms with Crippen molar-refractivity contribution in [1.82, 2.24) is 4.98 Å². The summed E-state index contributed by atoms with van der Waals surface area (Å²) >= 11 is 11.2. The molecule has 2 aromatic rings. The number of aryl methyl sites for hydroxylation is 3. The Morgan fingerprint density at radius 1 is 1.33 bits per heavy atom. The van der Waals surface area contributed by atoms with E-state index in [9.17, 15) is 0 Å². The van der Waals surface area contributed by atoms with Gasteiger partial charge >= 0.3 is 0 Å². The Bertz CT molecular complexity index is 701. The lowest BCUT2D eigenvalue weighted by molar-refractivity contribution is 0.459. The molecule has 0 spiro atoms. The molecule has 5 heteroatoms. The van der Waals surface area contributed by atoms with E-state index < -0.39 is 0 Å². The number of nitrogens with two attached hydrogens (primary N) is 1. The zero-order valence-corrected chi connectivity index (χ0v) is 13.8. The fraction of sp³-hybridized carbons (Fsp3) is 0.250. The van der Waals surface area contributed by atoms with Crippen LogP contribution in [-0.4, -0.2) is 9.97 Å². The Kier molecular flexibility index (Phi) is 4.80. The Hall–Kier alpha value is -1.65. The number of nitrogens with zero attached hydrogens (tertiary/aromatic N) is 1. The third-order valence-corrected chi connectivity index (χ3v) is 3.74. The maximum atomic E-state index is 6.12. The summed E-state index contributed by atoms with van der Waals surface area (Å²) in [4.78, 5) is 4.68. The van der Waals surface area contributed by atoms with Gasteiger partial charge in [0.15, 0.2) is 0 Å². The largest absolute Gasteiger partial charge is 0.438 e. The van der Waals surface area contributed by atoms with E-state index in [1.807, 2.05) is 45.0 Å². The van der Waals surface area contributed by atoms with Gasteiger partial charge in [-0.25, -0.2) is 4.98 Å². The van der Waals surface area contributed by atoms with Crippen LogP contribution in [0.2, 0.25) is 5.02 Å². The summed E-state index contributed by atoms with van der Waals surface area (Å²) in [7, 11) is 0. The highest BCUT2D eigenvalue weighted by Gasteiger charge is 2.14. The molecule has 3 nitrogen and oxygen atoms in total. The number of thiocarbonyl (C=S) groups is 1. The van der Waals surface area contributed by atoms with Crippen molar-refractivity contribution in [3.8, 4) is 11.6 Å². The van der Waals surface area contributed by atoms with Crippen molar-refractivity contribution in [2.45, 2.75) is 27.2 Å². The molecule has 110 valence electrons. The van der Waals surface area contributed by atoms with Gasteiger partial charge in [0.25, 0.3) is 0 Å². The van der Waals surface area contributed by atoms with Gasteiger partial charge in [-0.3, -0.25) is 0 Å². The van der Waals surface area contributed by atoms with Crippen LogP contribution in [0.15, 0.2) is 24.3 Å². The van der Waals surface area contributed by atoms with Crippen LogP contribution in [0.5, 0.6) is 11.6 Å². The minimum Gasteiger partial charge on any atom is -0.438 e. The molecule has 0 saturated heterocycles. The van der Waals surface area contributed by atoms with E-state index in [2.05, 4.69) is 4.98 Å². The molecule has 0 bridgehead atoms. The quantitative estimate of drug-likeness (QED) is 0.851. The lowest BCUT2D eigenvalue weighted by Crippen LogP contribution is -2.14. The summed E-state index contributed by atoms with van der Waals surface area (Å²) in [5, 5.41) is 0.729. The maximum absolute atomic E-state index is 6.12. The van der Waals surface area contributed by atoms with E-state index in [4.69, 9.17) is 34.3 Å². The number of rotatable bonds is 4. The number of ether oxygens (including phenoxy) is 1. The molecule has 1 aromatic carbocycles. The van der Waals surface area contributed by atoms with Crippen LogP contribution in [-0.2, 0) is 6.42 Å². The number of benzene rings is 1. The topological polar surface area (TPSA) is 48.1 Å². The summed E-state index contributed by atoms with van der Waals surface area (Å²) in [6, 6.07) is 7.47. The minimum atomic E-state index is 0.277. The van der Waals surface area contributed by atoms with E-state index in [0.717, 1.165) is 28.3 Å². The highest BCUT2D eigenvalue weighted by atomic mass is 35.5. The zero-order valence-electron chi connectivity index (χ0n) is 12.2. The van der Waals surface area contributed by atoms with E-state index in [1.165, 1.54) is 0 Å². The Labute approximate surface area is 135 Å². The Balaban J connectivity index is 2.46. The molecule has 0 radical (unpaired) electrons. The molecule has 1 heterocycles. The SMILES string of the molecule is CCc1cc(Oc2nc(C)cc(C)c2C(N)=S)ccc1Cl. The van der Waals surface area contributed by atoms with Crippen LogP contribution in [0, 0.1) is 13.8 Å². The van der Waals surface area contributed by atoms with E-state index in [1.54, 1.807) is 0 Å². The predicted molar refractivity (Wildman–Crippen MR) is 90.5 cm³/mol. The van der Waals surface area contributed by atoms with Crippen LogP contribution in [0.25, 0.3) is 0 Å². The summed E-state index contributed by atoms with van der Waals surface area (Å²) in [6.07, 6.45) is 0.832. The van der Waals surface area contributed by atoms with Gasteiger partial charge in [-0.05, 0) is 55.7 Å². The number of halogens is 1. The molecule has 0 unspecified atom stereocenters. The Morgan fingerprint density at radius 2 is 2.05 bits per heavy atom. The van der Waals surface area contributed by atoms with Gasteiger partial charge in [-0.1, -0.05) is 30.7 Å². The van der Waals surface area contributed by atoms with Gasteiger partial charge in [0, 0.05) is 10.7 Å². The average Bonchev–Trinajstić information content (AvgIpc) is 2.39. The summed E-state index contributed by atoms with van der Waals surface area (Å²) in [6.45, 7) is 5.89. The van der Waals surface area contributed by atoms with Crippen molar-refractivity contribution >= 4 is 28.8 Å². The molecule has 0 saturated carbocycles. The summed E-state index contributed by atoms with van der Waals surface area (Å²) in [5.41, 5.74) is 9.29. The maximum Gasteiger partial charge on any atom is 0.229 e. The first-order valence-electron chi connectivity index (χ1n) is 6.66. The van der Waals surface area contributed by atoms with Crippen LogP contribution in [0.1, 0.15) is 29.3 Å². The van der Waals surface area contributed by atoms with E-state index >= 15 is 0 Å². The molecule has 0 atom stereocenters. The molecule has 0 aliphatic carbocycles. The van der Waals surface area contributed by atoms with E-state index in [-0.39, 0.29) is 4.99 Å². The van der Waals surface area contributed by atoms with Crippen LogP contribution < -0.4 is 10.5 Å². The van der Waals surface area contributed by atoms with Crippen molar-refractivity contribution in [3.05, 3.63) is 51.7 Å².